The van der Waals surface area contributed by atoms with Gasteiger partial charge in [-0.05, 0) is 61.6 Å². The van der Waals surface area contributed by atoms with Gasteiger partial charge in [0.15, 0.2) is 5.11 Å². The van der Waals surface area contributed by atoms with E-state index < -0.39 is 4.92 Å². The number of hydrogen-bond donors (Lipinski definition) is 1. The number of methoxy groups -OCH3 is 1. The van der Waals surface area contributed by atoms with Crippen LogP contribution in [0.1, 0.15) is 29.1 Å². The molecular formula is C26H22N4O4S. The number of hydrogen-bond acceptors (Lipinski definition) is 6. The van der Waals surface area contributed by atoms with E-state index in [4.69, 9.17) is 21.4 Å². The van der Waals surface area contributed by atoms with Crippen LogP contribution in [-0.4, -0.2) is 22.1 Å². The van der Waals surface area contributed by atoms with E-state index in [0.717, 1.165) is 16.9 Å². The minimum Gasteiger partial charge on any atom is -0.496 e. The molecule has 9 heteroatoms. The number of furan rings is 1. The first-order valence-electron chi connectivity index (χ1n) is 11.0. The van der Waals surface area contributed by atoms with E-state index in [-0.39, 0.29) is 17.8 Å². The van der Waals surface area contributed by atoms with Crippen molar-refractivity contribution in [3.05, 3.63) is 106 Å². The van der Waals surface area contributed by atoms with Gasteiger partial charge in [0.25, 0.3) is 5.69 Å². The van der Waals surface area contributed by atoms with Crippen LogP contribution in [0.3, 0.4) is 0 Å². The van der Waals surface area contributed by atoms with Gasteiger partial charge >= 0.3 is 0 Å². The Labute approximate surface area is 207 Å². The van der Waals surface area contributed by atoms with Crippen LogP contribution in [0.15, 0.2) is 83.4 Å². The summed E-state index contributed by atoms with van der Waals surface area (Å²) in [5.74, 6) is 1.56. The van der Waals surface area contributed by atoms with Crippen molar-refractivity contribution in [1.29, 1.82) is 0 Å². The van der Waals surface area contributed by atoms with Crippen molar-refractivity contribution >= 4 is 28.7 Å². The molecule has 2 aromatic heterocycles. The summed E-state index contributed by atoms with van der Waals surface area (Å²) in [6.45, 7) is 2.04. The molecule has 4 aromatic rings. The van der Waals surface area contributed by atoms with Gasteiger partial charge < -0.3 is 19.4 Å². The molecule has 0 unspecified atom stereocenters. The maximum atomic E-state index is 11.2. The zero-order valence-electron chi connectivity index (χ0n) is 19.0. The van der Waals surface area contributed by atoms with E-state index in [9.17, 15) is 10.1 Å². The SMILES string of the molecule is COc1cc([N+](=O)[O-])ccc1-c1ccc([C@H]2[C@@H](c3ccccn3)NC(=S)N2c2ccc(C)cc2)o1. The van der Waals surface area contributed by atoms with Gasteiger partial charge in [-0.2, -0.15) is 0 Å². The topological polar surface area (TPSA) is 93.7 Å². The number of non-ortho nitro benzene ring substituents is 1. The molecule has 35 heavy (non-hydrogen) atoms. The highest BCUT2D eigenvalue weighted by Gasteiger charge is 2.42. The summed E-state index contributed by atoms with van der Waals surface area (Å²) >= 11 is 5.75. The Morgan fingerprint density at radius 1 is 1.11 bits per heavy atom. The molecule has 0 spiro atoms. The van der Waals surface area contributed by atoms with Crippen LogP contribution in [-0.2, 0) is 0 Å². The molecule has 5 rings (SSSR count). The number of nitrogens with one attached hydrogen (secondary N) is 1. The lowest BCUT2D eigenvalue weighted by Gasteiger charge is -2.26. The number of anilines is 1. The predicted molar refractivity (Wildman–Crippen MR) is 136 cm³/mol. The first-order chi connectivity index (χ1) is 17.0. The van der Waals surface area contributed by atoms with Crippen molar-refractivity contribution in [3.63, 3.8) is 0 Å². The fraction of sp³-hybridized carbons (Fsp3) is 0.154. The zero-order chi connectivity index (χ0) is 24.5. The van der Waals surface area contributed by atoms with Gasteiger partial charge in [-0.1, -0.05) is 23.8 Å². The van der Waals surface area contributed by atoms with Crippen LogP contribution < -0.4 is 15.0 Å². The number of aryl methyl sites for hydroxylation is 1. The van der Waals surface area contributed by atoms with Crippen LogP contribution in [0.25, 0.3) is 11.3 Å². The second kappa shape index (κ2) is 9.19. The number of benzene rings is 2. The van der Waals surface area contributed by atoms with Gasteiger partial charge in [0, 0.05) is 18.0 Å². The van der Waals surface area contributed by atoms with Crippen LogP contribution in [0.4, 0.5) is 11.4 Å². The molecule has 0 bridgehead atoms. The second-order valence-corrected chi connectivity index (χ2v) is 8.56. The molecule has 8 nitrogen and oxygen atoms in total. The maximum Gasteiger partial charge on any atom is 0.273 e. The smallest absolute Gasteiger partial charge is 0.273 e. The molecule has 1 N–H and O–H groups in total. The Kier molecular flexibility index (Phi) is 5.92. The predicted octanol–water partition coefficient (Wildman–Crippen LogP) is 5.74. The number of nitro benzene ring substituents is 1. The summed E-state index contributed by atoms with van der Waals surface area (Å²) < 4.78 is 11.8. The van der Waals surface area contributed by atoms with Crippen LogP contribution >= 0.6 is 12.2 Å². The fourth-order valence-corrected chi connectivity index (χ4v) is 4.63. The summed E-state index contributed by atoms with van der Waals surface area (Å²) in [6, 6.07) is 21.5. The Hall–Kier alpha value is -4.24. The Morgan fingerprint density at radius 3 is 2.60 bits per heavy atom. The average Bonchev–Trinajstić information content (AvgIpc) is 3.49. The van der Waals surface area contributed by atoms with Crippen LogP contribution in [0.5, 0.6) is 5.75 Å². The van der Waals surface area contributed by atoms with Gasteiger partial charge in [-0.3, -0.25) is 15.1 Å². The normalized spacial score (nSPS) is 17.3. The van der Waals surface area contributed by atoms with Gasteiger partial charge in [0.2, 0.25) is 0 Å². The zero-order valence-corrected chi connectivity index (χ0v) is 19.9. The molecule has 1 fully saturated rings. The first-order valence-corrected chi connectivity index (χ1v) is 11.4. The number of nitrogens with zero attached hydrogens (tertiary/aromatic N) is 3. The van der Waals surface area contributed by atoms with E-state index in [2.05, 4.69) is 10.3 Å². The van der Waals surface area contributed by atoms with Crippen molar-refractivity contribution < 1.29 is 14.1 Å². The molecule has 0 saturated carbocycles. The average molecular weight is 487 g/mol. The summed E-state index contributed by atoms with van der Waals surface area (Å²) in [7, 11) is 1.47. The third-order valence-corrected chi connectivity index (χ3v) is 6.30. The number of thiocarbonyl (C=S) groups is 1. The first kappa shape index (κ1) is 22.5. The lowest BCUT2D eigenvalue weighted by molar-refractivity contribution is -0.384. The van der Waals surface area contributed by atoms with E-state index in [1.165, 1.54) is 19.2 Å². The number of aromatic nitrogens is 1. The summed E-state index contributed by atoms with van der Waals surface area (Å²) in [5, 5.41) is 15.2. The fourth-order valence-electron chi connectivity index (χ4n) is 4.28. The monoisotopic (exact) mass is 486 g/mol. The van der Waals surface area contributed by atoms with Gasteiger partial charge in [0.1, 0.15) is 23.3 Å². The minimum atomic E-state index is -0.456. The summed E-state index contributed by atoms with van der Waals surface area (Å²) in [6.07, 6.45) is 1.75. The van der Waals surface area contributed by atoms with Crippen molar-refractivity contribution in [2.75, 3.05) is 12.0 Å². The minimum absolute atomic E-state index is 0.0523. The highest BCUT2D eigenvalue weighted by molar-refractivity contribution is 7.80. The van der Waals surface area contributed by atoms with E-state index in [1.54, 1.807) is 12.3 Å². The number of nitro groups is 1. The molecule has 0 amide bonds. The third-order valence-electron chi connectivity index (χ3n) is 5.99. The van der Waals surface area contributed by atoms with Gasteiger partial charge in [-0.15, -0.1) is 0 Å². The number of rotatable bonds is 6. The summed E-state index contributed by atoms with van der Waals surface area (Å²) in [4.78, 5) is 17.3. The molecule has 1 saturated heterocycles. The van der Waals surface area contributed by atoms with Gasteiger partial charge in [0.05, 0.1) is 35.4 Å². The largest absolute Gasteiger partial charge is 0.496 e. The summed E-state index contributed by atoms with van der Waals surface area (Å²) in [5.41, 5.74) is 3.48. The van der Waals surface area contributed by atoms with Crippen molar-refractivity contribution in [3.8, 4) is 17.1 Å². The lowest BCUT2D eigenvalue weighted by atomic mass is 10.0. The quantitative estimate of drug-likeness (QED) is 0.209. The molecule has 2 atom stereocenters. The second-order valence-electron chi connectivity index (χ2n) is 8.18. The molecule has 0 aliphatic carbocycles. The molecular weight excluding hydrogens is 464 g/mol. The molecule has 1 aliphatic rings. The Bertz CT molecular complexity index is 1390. The third kappa shape index (κ3) is 4.22. The number of ether oxygens (including phenoxy) is 1. The molecule has 1 aliphatic heterocycles. The molecule has 3 heterocycles. The van der Waals surface area contributed by atoms with Crippen molar-refractivity contribution in [2.45, 2.75) is 19.0 Å². The maximum absolute atomic E-state index is 11.2. The Morgan fingerprint density at radius 2 is 1.91 bits per heavy atom. The molecule has 0 radical (unpaired) electrons. The van der Waals surface area contributed by atoms with E-state index >= 15 is 0 Å². The lowest BCUT2D eigenvalue weighted by Crippen LogP contribution is -2.29. The highest BCUT2D eigenvalue weighted by atomic mass is 32.1. The van der Waals surface area contributed by atoms with E-state index in [1.807, 2.05) is 66.4 Å². The van der Waals surface area contributed by atoms with Gasteiger partial charge in [-0.25, -0.2) is 0 Å². The van der Waals surface area contributed by atoms with Crippen molar-refractivity contribution in [1.82, 2.24) is 10.3 Å². The molecule has 2 aromatic carbocycles. The Balaban J connectivity index is 1.59. The number of pyridine rings is 1. The van der Waals surface area contributed by atoms with Crippen molar-refractivity contribution in [2.24, 2.45) is 0 Å². The van der Waals surface area contributed by atoms with Crippen LogP contribution in [0, 0.1) is 17.0 Å². The van der Waals surface area contributed by atoms with E-state index in [0.29, 0.717) is 27.9 Å². The van der Waals surface area contributed by atoms with Crippen LogP contribution in [0.2, 0.25) is 0 Å². The molecule has 176 valence electrons. The standard InChI is InChI=1S/C26H22N4O4S/c1-16-6-8-17(9-7-16)29-25(24(28-26(29)35)20-5-3-4-14-27-20)22-13-12-21(34-22)19-11-10-18(30(31)32)15-23(19)33-2/h3-15,24-25H,1-2H3,(H,28,35)/t24-,25+/m1/s1. The highest BCUT2D eigenvalue weighted by Crippen LogP contribution is 2.44.